The van der Waals surface area contributed by atoms with Crippen LogP contribution in [0.2, 0.25) is 0 Å². The van der Waals surface area contributed by atoms with Crippen LogP contribution in [0.4, 0.5) is 4.79 Å². The van der Waals surface area contributed by atoms with Crippen molar-refractivity contribution in [1.82, 2.24) is 10.2 Å². The number of imide groups is 1. The quantitative estimate of drug-likeness (QED) is 0.570. The minimum atomic E-state index is -0.591. The van der Waals surface area contributed by atoms with E-state index in [0.29, 0.717) is 12.0 Å². The second-order valence-electron chi connectivity index (χ2n) is 5.32. The number of hydrogen-bond acceptors (Lipinski definition) is 4. The predicted octanol–water partition coefficient (Wildman–Crippen LogP) is 1.11. The van der Waals surface area contributed by atoms with Crippen LogP contribution in [0.3, 0.4) is 0 Å². The Hall–Kier alpha value is -2.24. The number of aromatic hydroxyl groups is 2. The van der Waals surface area contributed by atoms with Crippen LogP contribution in [-0.4, -0.2) is 39.1 Å². The van der Waals surface area contributed by atoms with E-state index < -0.39 is 6.04 Å². The third-order valence-corrected chi connectivity index (χ3v) is 3.97. The molecule has 2 aliphatic rings. The number of rotatable bonds is 3. The first-order valence-corrected chi connectivity index (χ1v) is 6.70. The van der Waals surface area contributed by atoms with Crippen molar-refractivity contribution in [3.05, 3.63) is 23.8 Å². The van der Waals surface area contributed by atoms with Gasteiger partial charge in [-0.25, -0.2) is 4.79 Å². The standard InChI is InChI=1S/C14H16N2O4/c17-11-5-4-8(7-12(11)18)6-10-13(19)16(14(20)15-10)9-2-1-3-9/h4-5,7,9-10,17-18H,1-3,6H2,(H,15,20). The van der Waals surface area contributed by atoms with Gasteiger partial charge < -0.3 is 15.5 Å². The van der Waals surface area contributed by atoms with Gasteiger partial charge in [0.25, 0.3) is 5.91 Å². The summed E-state index contributed by atoms with van der Waals surface area (Å²) in [5, 5.41) is 21.4. The van der Waals surface area contributed by atoms with E-state index in [1.807, 2.05) is 0 Å². The first-order valence-electron chi connectivity index (χ1n) is 6.70. The number of urea groups is 1. The van der Waals surface area contributed by atoms with Crippen molar-refractivity contribution >= 4 is 11.9 Å². The summed E-state index contributed by atoms with van der Waals surface area (Å²) in [5.74, 6) is -0.631. The molecule has 0 radical (unpaired) electrons. The molecule has 1 saturated heterocycles. The van der Waals surface area contributed by atoms with Crippen LogP contribution in [0.15, 0.2) is 18.2 Å². The number of nitrogens with zero attached hydrogens (tertiary/aromatic N) is 1. The molecule has 1 aromatic carbocycles. The maximum atomic E-state index is 12.2. The highest BCUT2D eigenvalue weighted by molar-refractivity contribution is 6.04. The van der Waals surface area contributed by atoms with Gasteiger partial charge in [-0.05, 0) is 37.0 Å². The summed E-state index contributed by atoms with van der Waals surface area (Å²) in [4.78, 5) is 25.4. The lowest BCUT2D eigenvalue weighted by molar-refractivity contribution is -0.130. The van der Waals surface area contributed by atoms with Gasteiger partial charge in [-0.2, -0.15) is 0 Å². The van der Waals surface area contributed by atoms with Crippen LogP contribution in [0.25, 0.3) is 0 Å². The summed E-state index contributed by atoms with van der Waals surface area (Å²) >= 11 is 0. The van der Waals surface area contributed by atoms with E-state index >= 15 is 0 Å². The van der Waals surface area contributed by atoms with E-state index in [1.54, 1.807) is 6.07 Å². The Kier molecular flexibility index (Phi) is 3.00. The first-order chi connectivity index (χ1) is 9.56. The molecule has 3 amide bonds. The van der Waals surface area contributed by atoms with Crippen molar-refractivity contribution < 1.29 is 19.8 Å². The van der Waals surface area contributed by atoms with Crippen LogP contribution < -0.4 is 5.32 Å². The van der Waals surface area contributed by atoms with Crippen LogP contribution in [-0.2, 0) is 11.2 Å². The molecule has 1 heterocycles. The SMILES string of the molecule is O=C1NC(Cc2ccc(O)c(O)c2)C(=O)N1C1CCC1. The van der Waals surface area contributed by atoms with Crippen molar-refractivity contribution in [2.24, 2.45) is 0 Å². The first kappa shape index (κ1) is 12.8. The van der Waals surface area contributed by atoms with Crippen LogP contribution in [0.5, 0.6) is 11.5 Å². The summed E-state index contributed by atoms with van der Waals surface area (Å²) < 4.78 is 0. The van der Waals surface area contributed by atoms with Crippen molar-refractivity contribution in [3.8, 4) is 11.5 Å². The molecule has 20 heavy (non-hydrogen) atoms. The van der Waals surface area contributed by atoms with Gasteiger partial charge in [-0.15, -0.1) is 0 Å². The number of phenols is 2. The zero-order chi connectivity index (χ0) is 14.3. The fraction of sp³-hybridized carbons (Fsp3) is 0.429. The van der Waals surface area contributed by atoms with Gasteiger partial charge in [-0.1, -0.05) is 6.07 Å². The van der Waals surface area contributed by atoms with E-state index in [2.05, 4.69) is 5.32 Å². The normalized spacial score (nSPS) is 22.8. The summed E-state index contributed by atoms with van der Waals surface area (Å²) in [7, 11) is 0. The van der Waals surface area contributed by atoms with Gasteiger partial charge in [0.1, 0.15) is 6.04 Å². The largest absolute Gasteiger partial charge is 0.504 e. The van der Waals surface area contributed by atoms with E-state index in [9.17, 15) is 19.8 Å². The monoisotopic (exact) mass is 276 g/mol. The summed E-state index contributed by atoms with van der Waals surface area (Å²) in [6, 6.07) is 3.53. The maximum absolute atomic E-state index is 12.2. The zero-order valence-corrected chi connectivity index (χ0v) is 10.9. The molecular formula is C14H16N2O4. The summed E-state index contributed by atoms with van der Waals surface area (Å²) in [6.45, 7) is 0. The molecule has 0 aromatic heterocycles. The molecule has 0 spiro atoms. The average Bonchev–Trinajstić information content (AvgIpc) is 2.60. The fourth-order valence-electron chi connectivity index (χ4n) is 2.61. The molecule has 0 bridgehead atoms. The van der Waals surface area contributed by atoms with Gasteiger partial charge in [0.05, 0.1) is 0 Å². The van der Waals surface area contributed by atoms with Gasteiger partial charge in [0, 0.05) is 12.5 Å². The number of nitrogens with one attached hydrogen (secondary N) is 1. The smallest absolute Gasteiger partial charge is 0.325 e. The second kappa shape index (κ2) is 4.70. The third kappa shape index (κ3) is 2.07. The summed E-state index contributed by atoms with van der Waals surface area (Å²) in [6.07, 6.45) is 3.12. The van der Waals surface area contributed by atoms with Crippen molar-refractivity contribution in [1.29, 1.82) is 0 Å². The Bertz CT molecular complexity index is 568. The topological polar surface area (TPSA) is 89.9 Å². The number of benzene rings is 1. The molecule has 1 unspecified atom stereocenters. The highest BCUT2D eigenvalue weighted by Crippen LogP contribution is 2.29. The highest BCUT2D eigenvalue weighted by atomic mass is 16.3. The van der Waals surface area contributed by atoms with Gasteiger partial charge in [-0.3, -0.25) is 9.69 Å². The molecular weight excluding hydrogens is 260 g/mol. The molecule has 2 fully saturated rings. The lowest BCUT2D eigenvalue weighted by Gasteiger charge is -2.32. The molecule has 1 saturated carbocycles. The van der Waals surface area contributed by atoms with Crippen LogP contribution in [0, 0.1) is 0 Å². The third-order valence-electron chi connectivity index (χ3n) is 3.97. The molecule has 1 aliphatic heterocycles. The molecule has 3 N–H and O–H groups in total. The molecule has 6 heteroatoms. The lowest BCUT2D eigenvalue weighted by Crippen LogP contribution is -2.44. The lowest BCUT2D eigenvalue weighted by atomic mass is 9.91. The Morgan fingerprint density at radius 3 is 2.55 bits per heavy atom. The number of hydrogen-bond donors (Lipinski definition) is 3. The molecule has 1 aromatic rings. The fourth-order valence-corrected chi connectivity index (χ4v) is 2.61. The van der Waals surface area contributed by atoms with Crippen molar-refractivity contribution in [3.63, 3.8) is 0 Å². The predicted molar refractivity (Wildman–Crippen MR) is 70.3 cm³/mol. The van der Waals surface area contributed by atoms with E-state index in [1.165, 1.54) is 17.0 Å². The minimum absolute atomic E-state index is 0.0423. The van der Waals surface area contributed by atoms with Crippen molar-refractivity contribution in [2.45, 2.75) is 37.8 Å². The van der Waals surface area contributed by atoms with E-state index in [0.717, 1.165) is 19.3 Å². The maximum Gasteiger partial charge on any atom is 0.325 e. The molecule has 1 atom stereocenters. The second-order valence-corrected chi connectivity index (χ2v) is 5.32. The Morgan fingerprint density at radius 2 is 1.95 bits per heavy atom. The number of carbonyl (C=O) groups is 2. The van der Waals surface area contributed by atoms with Crippen LogP contribution in [0.1, 0.15) is 24.8 Å². The summed E-state index contributed by atoms with van der Waals surface area (Å²) in [5.41, 5.74) is 0.689. The van der Waals surface area contributed by atoms with E-state index in [-0.39, 0.29) is 29.5 Å². The number of carbonyl (C=O) groups excluding carboxylic acids is 2. The molecule has 3 rings (SSSR count). The van der Waals surface area contributed by atoms with E-state index in [4.69, 9.17) is 0 Å². The molecule has 106 valence electrons. The minimum Gasteiger partial charge on any atom is -0.504 e. The average molecular weight is 276 g/mol. The van der Waals surface area contributed by atoms with Gasteiger partial charge >= 0.3 is 6.03 Å². The Labute approximate surface area is 116 Å². The Morgan fingerprint density at radius 1 is 1.20 bits per heavy atom. The van der Waals surface area contributed by atoms with Gasteiger partial charge in [0.2, 0.25) is 0 Å². The highest BCUT2D eigenvalue weighted by Gasteiger charge is 2.43. The van der Waals surface area contributed by atoms with Crippen molar-refractivity contribution in [2.75, 3.05) is 0 Å². The number of amides is 3. The van der Waals surface area contributed by atoms with Gasteiger partial charge in [0.15, 0.2) is 11.5 Å². The molecule has 6 nitrogen and oxygen atoms in total. The molecule has 1 aliphatic carbocycles. The van der Waals surface area contributed by atoms with Crippen LogP contribution >= 0.6 is 0 Å². The number of phenolic OH excluding ortho intramolecular Hbond substituents is 2. The Balaban J connectivity index is 1.73. The zero-order valence-electron chi connectivity index (χ0n) is 10.9.